The van der Waals surface area contributed by atoms with E-state index >= 15 is 0 Å². The van der Waals surface area contributed by atoms with Gasteiger partial charge in [-0.15, -0.1) is 0 Å². The normalized spacial score (nSPS) is 19.2. The molecule has 1 fully saturated rings. The van der Waals surface area contributed by atoms with E-state index in [1.807, 2.05) is 0 Å². The predicted molar refractivity (Wildman–Crippen MR) is 80.4 cm³/mol. The van der Waals surface area contributed by atoms with Gasteiger partial charge in [0, 0.05) is 24.2 Å². The van der Waals surface area contributed by atoms with Crippen LogP contribution in [0.3, 0.4) is 0 Å². The molecule has 2 amide bonds. The number of amides is 2. The van der Waals surface area contributed by atoms with Crippen LogP contribution in [0.15, 0.2) is 24.3 Å². The van der Waals surface area contributed by atoms with Crippen molar-refractivity contribution in [2.45, 2.75) is 34.6 Å². The molecule has 4 heteroatoms. The largest absolute Gasteiger partial charge is 0.326 e. The summed E-state index contributed by atoms with van der Waals surface area (Å²) in [6.07, 6.45) is 0. The first-order valence-electron chi connectivity index (χ1n) is 6.85. The number of carbonyl (C=O) groups is 2. The molecule has 1 aliphatic rings. The minimum absolute atomic E-state index is 0.0324. The second-order valence-electron chi connectivity index (χ2n) is 6.62. The quantitative estimate of drug-likeness (QED) is 0.888. The number of hydrogen-bond acceptors (Lipinski definition) is 2. The predicted octanol–water partition coefficient (Wildman–Crippen LogP) is 3.27. The molecule has 0 radical (unpaired) electrons. The summed E-state index contributed by atoms with van der Waals surface area (Å²) in [5, 5.41) is 5.64. The van der Waals surface area contributed by atoms with Gasteiger partial charge in [0.2, 0.25) is 11.8 Å². The maximum Gasteiger partial charge on any atom is 0.228 e. The van der Waals surface area contributed by atoms with E-state index in [1.165, 1.54) is 6.92 Å². The molecule has 2 N–H and O–H groups in total. The molecule has 1 aromatic rings. The van der Waals surface area contributed by atoms with Crippen LogP contribution in [-0.4, -0.2) is 11.8 Å². The molecular weight excluding hydrogens is 252 g/mol. The molecule has 1 aliphatic carbocycles. The Kier molecular flexibility index (Phi) is 3.36. The Morgan fingerprint density at radius 1 is 0.900 bits per heavy atom. The zero-order valence-corrected chi connectivity index (χ0v) is 12.7. The Morgan fingerprint density at radius 2 is 1.30 bits per heavy atom. The maximum atomic E-state index is 12.3. The van der Waals surface area contributed by atoms with E-state index in [0.717, 1.165) is 11.4 Å². The van der Waals surface area contributed by atoms with Gasteiger partial charge in [0.1, 0.15) is 0 Å². The highest BCUT2D eigenvalue weighted by Crippen LogP contribution is 2.68. The van der Waals surface area contributed by atoms with Crippen LogP contribution in [-0.2, 0) is 9.59 Å². The van der Waals surface area contributed by atoms with Crippen molar-refractivity contribution in [3.8, 4) is 0 Å². The lowest BCUT2D eigenvalue weighted by atomic mass is 10.0. The van der Waals surface area contributed by atoms with E-state index in [0.29, 0.717) is 0 Å². The van der Waals surface area contributed by atoms with Crippen LogP contribution in [0.4, 0.5) is 11.4 Å². The van der Waals surface area contributed by atoms with Crippen molar-refractivity contribution >= 4 is 23.2 Å². The van der Waals surface area contributed by atoms with Crippen LogP contribution < -0.4 is 10.6 Å². The van der Waals surface area contributed by atoms with Crippen LogP contribution in [0, 0.1) is 16.7 Å². The third-order valence-corrected chi connectivity index (χ3v) is 4.76. The van der Waals surface area contributed by atoms with Crippen LogP contribution >= 0.6 is 0 Å². The van der Waals surface area contributed by atoms with Crippen molar-refractivity contribution in [1.29, 1.82) is 0 Å². The lowest BCUT2D eigenvalue weighted by molar-refractivity contribution is -0.118. The van der Waals surface area contributed by atoms with E-state index < -0.39 is 0 Å². The molecule has 0 bridgehead atoms. The fourth-order valence-electron chi connectivity index (χ4n) is 2.91. The van der Waals surface area contributed by atoms with Gasteiger partial charge in [-0.25, -0.2) is 0 Å². The first kappa shape index (κ1) is 14.6. The molecule has 1 saturated carbocycles. The Balaban J connectivity index is 2.01. The highest BCUT2D eigenvalue weighted by molar-refractivity contribution is 5.96. The maximum absolute atomic E-state index is 12.3. The molecular formula is C16H22N2O2. The Bertz CT molecular complexity index is 530. The SMILES string of the molecule is CC(=O)Nc1ccc(NC(=O)C2C(C)(C)C2(C)C)cc1. The summed E-state index contributed by atoms with van der Waals surface area (Å²) in [4.78, 5) is 23.2. The minimum atomic E-state index is -0.108. The van der Waals surface area contributed by atoms with Gasteiger partial charge in [-0.2, -0.15) is 0 Å². The van der Waals surface area contributed by atoms with Crippen molar-refractivity contribution in [3.05, 3.63) is 24.3 Å². The molecule has 20 heavy (non-hydrogen) atoms. The number of benzene rings is 1. The topological polar surface area (TPSA) is 58.2 Å². The molecule has 108 valence electrons. The lowest BCUT2D eigenvalue weighted by Crippen LogP contribution is -2.17. The van der Waals surface area contributed by atoms with Crippen molar-refractivity contribution in [2.75, 3.05) is 10.6 Å². The second-order valence-corrected chi connectivity index (χ2v) is 6.62. The summed E-state index contributed by atoms with van der Waals surface area (Å²) in [7, 11) is 0. The highest BCUT2D eigenvalue weighted by atomic mass is 16.2. The Morgan fingerprint density at radius 3 is 1.65 bits per heavy atom. The number of carbonyl (C=O) groups excluding carboxylic acids is 2. The summed E-state index contributed by atoms with van der Waals surface area (Å²) in [5.74, 6) is -0.0134. The molecule has 4 nitrogen and oxygen atoms in total. The van der Waals surface area contributed by atoms with Crippen molar-refractivity contribution < 1.29 is 9.59 Å². The van der Waals surface area contributed by atoms with Gasteiger partial charge in [0.25, 0.3) is 0 Å². The number of hydrogen-bond donors (Lipinski definition) is 2. The fourth-order valence-corrected chi connectivity index (χ4v) is 2.91. The van der Waals surface area contributed by atoms with Gasteiger partial charge in [-0.05, 0) is 35.1 Å². The zero-order chi connectivity index (χ0) is 15.1. The molecule has 2 rings (SSSR count). The van der Waals surface area contributed by atoms with Crippen LogP contribution in [0.5, 0.6) is 0 Å². The molecule has 0 aromatic heterocycles. The van der Waals surface area contributed by atoms with Crippen LogP contribution in [0.25, 0.3) is 0 Å². The second kappa shape index (κ2) is 4.62. The molecule has 0 spiro atoms. The molecule has 1 aromatic carbocycles. The summed E-state index contributed by atoms with van der Waals surface area (Å²) >= 11 is 0. The molecule has 0 aliphatic heterocycles. The first-order valence-corrected chi connectivity index (χ1v) is 6.85. The highest BCUT2D eigenvalue weighted by Gasteiger charge is 2.68. The third kappa shape index (κ3) is 2.42. The smallest absolute Gasteiger partial charge is 0.228 e. The lowest BCUT2D eigenvalue weighted by Gasteiger charge is -2.08. The number of nitrogens with one attached hydrogen (secondary N) is 2. The number of rotatable bonds is 3. The Hall–Kier alpha value is -1.84. The zero-order valence-electron chi connectivity index (χ0n) is 12.7. The standard InChI is InChI=1S/C16H22N2O2/c1-10(19)17-11-6-8-12(9-7-11)18-14(20)13-15(2,3)16(13,4)5/h6-9,13H,1-5H3,(H,17,19)(H,18,20). The van der Waals surface area contributed by atoms with E-state index in [4.69, 9.17) is 0 Å². The van der Waals surface area contributed by atoms with E-state index in [9.17, 15) is 9.59 Å². The van der Waals surface area contributed by atoms with E-state index in [-0.39, 0.29) is 28.6 Å². The number of anilines is 2. The van der Waals surface area contributed by atoms with Crippen LogP contribution in [0.1, 0.15) is 34.6 Å². The summed E-state index contributed by atoms with van der Waals surface area (Å²) in [5.41, 5.74) is 1.55. The van der Waals surface area contributed by atoms with Crippen molar-refractivity contribution in [3.63, 3.8) is 0 Å². The van der Waals surface area contributed by atoms with E-state index in [2.05, 4.69) is 38.3 Å². The van der Waals surface area contributed by atoms with Gasteiger partial charge in [-0.3, -0.25) is 9.59 Å². The summed E-state index contributed by atoms with van der Waals surface area (Å²) in [6.45, 7) is 9.95. The molecule has 0 heterocycles. The van der Waals surface area contributed by atoms with Gasteiger partial charge < -0.3 is 10.6 Å². The van der Waals surface area contributed by atoms with Gasteiger partial charge in [-0.1, -0.05) is 27.7 Å². The Labute approximate surface area is 119 Å². The summed E-state index contributed by atoms with van der Waals surface area (Å²) in [6, 6.07) is 7.15. The molecule has 0 saturated heterocycles. The minimum Gasteiger partial charge on any atom is -0.326 e. The van der Waals surface area contributed by atoms with E-state index in [1.54, 1.807) is 24.3 Å². The van der Waals surface area contributed by atoms with Gasteiger partial charge in [0.15, 0.2) is 0 Å². The van der Waals surface area contributed by atoms with Gasteiger partial charge in [0.05, 0.1) is 0 Å². The monoisotopic (exact) mass is 274 g/mol. The van der Waals surface area contributed by atoms with Gasteiger partial charge >= 0.3 is 0 Å². The first-order chi connectivity index (χ1) is 9.16. The third-order valence-electron chi connectivity index (χ3n) is 4.76. The van der Waals surface area contributed by atoms with Crippen molar-refractivity contribution in [2.24, 2.45) is 16.7 Å². The van der Waals surface area contributed by atoms with Crippen molar-refractivity contribution in [1.82, 2.24) is 0 Å². The fraction of sp³-hybridized carbons (Fsp3) is 0.500. The molecule has 0 atom stereocenters. The average molecular weight is 274 g/mol. The summed E-state index contributed by atoms with van der Waals surface area (Å²) < 4.78 is 0. The molecule has 0 unspecified atom stereocenters. The average Bonchev–Trinajstić information content (AvgIpc) is 2.71. The van der Waals surface area contributed by atoms with Crippen LogP contribution in [0.2, 0.25) is 0 Å².